The Labute approximate surface area is 163 Å². The Morgan fingerprint density at radius 2 is 1.89 bits per heavy atom. The van der Waals surface area contributed by atoms with E-state index >= 15 is 0 Å². The van der Waals surface area contributed by atoms with Gasteiger partial charge in [0.1, 0.15) is 17.4 Å². The van der Waals surface area contributed by atoms with Gasteiger partial charge in [-0.1, -0.05) is 29.5 Å². The zero-order valence-electron chi connectivity index (χ0n) is 14.4. The van der Waals surface area contributed by atoms with E-state index in [0.29, 0.717) is 23.3 Å². The normalized spacial score (nSPS) is 14.5. The van der Waals surface area contributed by atoms with E-state index in [2.05, 4.69) is 9.97 Å². The predicted molar refractivity (Wildman–Crippen MR) is 106 cm³/mol. The van der Waals surface area contributed by atoms with Crippen LogP contribution in [0.2, 0.25) is 0 Å². The summed E-state index contributed by atoms with van der Waals surface area (Å²) in [4.78, 5) is 23.3. The Morgan fingerprint density at radius 1 is 1.07 bits per heavy atom. The van der Waals surface area contributed by atoms with Gasteiger partial charge < -0.3 is 14.4 Å². The molecule has 1 aliphatic heterocycles. The molecule has 6 nitrogen and oxygen atoms in total. The summed E-state index contributed by atoms with van der Waals surface area (Å²) in [6.07, 6.45) is -0.0464. The summed E-state index contributed by atoms with van der Waals surface area (Å²) in [6, 6.07) is 13.6. The Balaban J connectivity index is 1.26. The van der Waals surface area contributed by atoms with Gasteiger partial charge in [-0.2, -0.15) is 4.98 Å². The number of thiazole rings is 2. The monoisotopic (exact) mass is 397 g/mol. The fraction of sp³-hybridized carbons (Fsp3) is 0.211. The average Bonchev–Trinajstić information content (AvgIpc) is 3.26. The molecule has 0 saturated carbocycles. The molecule has 1 fully saturated rings. The van der Waals surface area contributed by atoms with Crippen LogP contribution in [0.3, 0.4) is 0 Å². The molecule has 8 heteroatoms. The van der Waals surface area contributed by atoms with Crippen LogP contribution in [0.1, 0.15) is 9.80 Å². The number of likely N-dealkylation sites (tertiary alicyclic amines) is 1. The van der Waals surface area contributed by atoms with Crippen molar-refractivity contribution in [2.24, 2.45) is 0 Å². The fourth-order valence-electron chi connectivity index (χ4n) is 3.04. The minimum atomic E-state index is -0.0464. The van der Waals surface area contributed by atoms with Gasteiger partial charge in [0.05, 0.1) is 35.1 Å². The van der Waals surface area contributed by atoms with Crippen LogP contribution in [0.5, 0.6) is 10.9 Å². The Bertz CT molecular complexity index is 1110. The van der Waals surface area contributed by atoms with Gasteiger partial charge in [-0.05, 0) is 24.3 Å². The highest BCUT2D eigenvalue weighted by molar-refractivity contribution is 7.20. The second-order valence-electron chi connectivity index (χ2n) is 6.22. The molecule has 0 atom stereocenters. The van der Waals surface area contributed by atoms with Crippen LogP contribution in [0.15, 0.2) is 42.5 Å². The summed E-state index contributed by atoms with van der Waals surface area (Å²) in [5.41, 5.74) is 1.67. The van der Waals surface area contributed by atoms with Crippen molar-refractivity contribution in [3.63, 3.8) is 0 Å². The van der Waals surface area contributed by atoms with E-state index in [9.17, 15) is 4.79 Å². The number of ether oxygens (including phenoxy) is 2. The summed E-state index contributed by atoms with van der Waals surface area (Å²) >= 11 is 2.91. The number of methoxy groups -OCH3 is 1. The number of hydrogen-bond donors (Lipinski definition) is 0. The first kappa shape index (κ1) is 16.5. The maximum atomic E-state index is 12.6. The number of rotatable bonds is 4. The molecule has 27 heavy (non-hydrogen) atoms. The van der Waals surface area contributed by atoms with E-state index < -0.39 is 0 Å². The number of carbonyl (C=O) groups excluding carboxylic acids is 1. The Hall–Kier alpha value is -2.71. The van der Waals surface area contributed by atoms with Gasteiger partial charge >= 0.3 is 0 Å². The molecular formula is C19H15N3O3S2. The van der Waals surface area contributed by atoms with E-state index in [1.807, 2.05) is 42.5 Å². The maximum Gasteiger partial charge on any atom is 0.283 e. The maximum absolute atomic E-state index is 12.6. The largest absolute Gasteiger partial charge is 0.494 e. The number of amides is 1. The van der Waals surface area contributed by atoms with Crippen molar-refractivity contribution in [3.8, 4) is 10.9 Å². The SMILES string of the molecule is COc1cccc2sc(OC3CN(C(=O)c4nc5ccccc5s4)C3)nc12. The number of benzene rings is 2. The first-order valence-electron chi connectivity index (χ1n) is 8.46. The topological polar surface area (TPSA) is 64.6 Å². The first-order chi connectivity index (χ1) is 13.2. The lowest BCUT2D eigenvalue weighted by atomic mass is 10.1. The molecule has 136 valence electrons. The average molecular weight is 397 g/mol. The van der Waals surface area contributed by atoms with E-state index in [1.165, 1.54) is 22.7 Å². The highest BCUT2D eigenvalue weighted by atomic mass is 32.1. The van der Waals surface area contributed by atoms with Crippen LogP contribution in [0, 0.1) is 0 Å². The number of nitrogens with zero attached hydrogens (tertiary/aromatic N) is 3. The second kappa shape index (κ2) is 6.47. The van der Waals surface area contributed by atoms with Crippen LogP contribution >= 0.6 is 22.7 Å². The number of hydrogen-bond acceptors (Lipinski definition) is 7. The molecule has 1 amide bonds. The lowest BCUT2D eigenvalue weighted by Gasteiger charge is -2.37. The first-order valence-corrected chi connectivity index (χ1v) is 10.1. The highest BCUT2D eigenvalue weighted by Gasteiger charge is 2.34. The van der Waals surface area contributed by atoms with Crippen LogP contribution in [-0.4, -0.2) is 47.1 Å². The van der Waals surface area contributed by atoms with Gasteiger partial charge in [-0.15, -0.1) is 11.3 Å². The highest BCUT2D eigenvalue weighted by Crippen LogP contribution is 2.34. The van der Waals surface area contributed by atoms with E-state index in [-0.39, 0.29) is 12.0 Å². The summed E-state index contributed by atoms with van der Waals surface area (Å²) in [5.74, 6) is 0.696. The number of aromatic nitrogens is 2. The van der Waals surface area contributed by atoms with Crippen LogP contribution in [-0.2, 0) is 0 Å². The molecule has 5 rings (SSSR count). The summed E-state index contributed by atoms with van der Waals surface area (Å²) in [7, 11) is 1.63. The van der Waals surface area contributed by atoms with Crippen molar-refractivity contribution >= 4 is 49.0 Å². The molecule has 2 aromatic carbocycles. The fourth-order valence-corrected chi connectivity index (χ4v) is 4.87. The van der Waals surface area contributed by atoms with Crippen LogP contribution in [0.4, 0.5) is 0 Å². The van der Waals surface area contributed by atoms with Gasteiger partial charge in [-0.3, -0.25) is 4.79 Å². The third kappa shape index (κ3) is 2.90. The molecule has 3 heterocycles. The molecule has 0 radical (unpaired) electrons. The Morgan fingerprint density at radius 3 is 2.70 bits per heavy atom. The van der Waals surface area contributed by atoms with Crippen molar-refractivity contribution in [2.75, 3.05) is 20.2 Å². The van der Waals surface area contributed by atoms with Gasteiger partial charge in [0.15, 0.2) is 5.01 Å². The van der Waals surface area contributed by atoms with Crippen molar-refractivity contribution < 1.29 is 14.3 Å². The van der Waals surface area contributed by atoms with Crippen LogP contribution in [0.25, 0.3) is 20.4 Å². The molecule has 0 bridgehead atoms. The third-order valence-electron chi connectivity index (χ3n) is 4.46. The molecule has 0 spiro atoms. The summed E-state index contributed by atoms with van der Waals surface area (Å²) < 4.78 is 13.3. The molecule has 0 N–H and O–H groups in total. The zero-order valence-corrected chi connectivity index (χ0v) is 16.0. The third-order valence-corrected chi connectivity index (χ3v) is 6.40. The van der Waals surface area contributed by atoms with E-state index in [4.69, 9.17) is 9.47 Å². The summed E-state index contributed by atoms with van der Waals surface area (Å²) in [6.45, 7) is 1.09. The van der Waals surface area contributed by atoms with Gasteiger partial charge in [0.25, 0.3) is 11.1 Å². The van der Waals surface area contributed by atoms with Gasteiger partial charge in [0.2, 0.25) is 0 Å². The second-order valence-corrected chi connectivity index (χ2v) is 8.25. The number of para-hydroxylation sites is 2. The molecule has 0 unspecified atom stereocenters. The lowest BCUT2D eigenvalue weighted by Crippen LogP contribution is -2.56. The summed E-state index contributed by atoms with van der Waals surface area (Å²) in [5, 5.41) is 1.13. The minimum absolute atomic E-state index is 0.0398. The van der Waals surface area contributed by atoms with Crippen molar-refractivity contribution in [1.82, 2.24) is 14.9 Å². The van der Waals surface area contributed by atoms with Crippen molar-refractivity contribution in [1.29, 1.82) is 0 Å². The van der Waals surface area contributed by atoms with E-state index in [0.717, 1.165) is 26.2 Å². The van der Waals surface area contributed by atoms with E-state index in [1.54, 1.807) is 12.0 Å². The predicted octanol–water partition coefficient (Wildman–Crippen LogP) is 3.82. The molecule has 2 aromatic heterocycles. The van der Waals surface area contributed by atoms with Gasteiger partial charge in [-0.25, -0.2) is 4.98 Å². The number of carbonyl (C=O) groups is 1. The molecular weight excluding hydrogens is 382 g/mol. The Kier molecular flexibility index (Phi) is 3.95. The molecule has 1 saturated heterocycles. The van der Waals surface area contributed by atoms with Crippen molar-refractivity contribution in [3.05, 3.63) is 47.5 Å². The zero-order chi connectivity index (χ0) is 18.4. The molecule has 1 aliphatic rings. The van der Waals surface area contributed by atoms with Crippen LogP contribution < -0.4 is 9.47 Å². The standard InChI is InChI=1S/C19H15N3O3S2/c1-24-13-6-4-8-15-16(13)21-19(27-15)25-11-9-22(10-11)18(23)17-20-12-5-2-3-7-14(12)26-17/h2-8,11H,9-10H2,1H3. The quantitative estimate of drug-likeness (QED) is 0.524. The number of fused-ring (bicyclic) bond motifs is 2. The lowest BCUT2D eigenvalue weighted by molar-refractivity contribution is 0.0178. The van der Waals surface area contributed by atoms with Gasteiger partial charge in [0, 0.05) is 0 Å². The minimum Gasteiger partial charge on any atom is -0.494 e. The van der Waals surface area contributed by atoms with Crippen molar-refractivity contribution in [2.45, 2.75) is 6.10 Å². The molecule has 4 aromatic rings. The smallest absolute Gasteiger partial charge is 0.283 e. The molecule has 0 aliphatic carbocycles.